The molecule has 1 amide bonds. The molecule has 7 nitrogen and oxygen atoms in total. The molecular formula is C16H27N5O2. The number of methoxy groups -OCH3 is 1. The van der Waals surface area contributed by atoms with E-state index in [9.17, 15) is 4.79 Å². The van der Waals surface area contributed by atoms with Crippen LogP contribution in [-0.2, 0) is 9.53 Å². The zero-order valence-electron chi connectivity index (χ0n) is 13.9. The molecule has 2 aliphatic rings. The first kappa shape index (κ1) is 16.4. The highest BCUT2D eigenvalue weighted by Gasteiger charge is 2.30. The van der Waals surface area contributed by atoms with Gasteiger partial charge in [0.25, 0.3) is 0 Å². The Balaban J connectivity index is 1.39. The Bertz CT molecular complexity index is 485. The van der Waals surface area contributed by atoms with E-state index in [-0.39, 0.29) is 11.8 Å². The second-order valence-corrected chi connectivity index (χ2v) is 6.67. The van der Waals surface area contributed by atoms with E-state index in [2.05, 4.69) is 20.3 Å². The molecule has 1 aliphatic carbocycles. The molecule has 7 heteroatoms. The highest BCUT2D eigenvalue weighted by atomic mass is 16.5. The third kappa shape index (κ3) is 4.29. The molecule has 3 rings (SSSR count). The van der Waals surface area contributed by atoms with Gasteiger partial charge in [-0.1, -0.05) is 0 Å². The summed E-state index contributed by atoms with van der Waals surface area (Å²) in [6.07, 6.45) is 8.49. The summed E-state index contributed by atoms with van der Waals surface area (Å²) in [5, 5.41) is 7.49. The number of hydrogen-bond donors (Lipinski definition) is 1. The lowest BCUT2D eigenvalue weighted by Crippen LogP contribution is -2.42. The molecular weight excluding hydrogens is 294 g/mol. The van der Waals surface area contributed by atoms with E-state index in [0.717, 1.165) is 58.3 Å². The minimum Gasteiger partial charge on any atom is -0.383 e. The van der Waals surface area contributed by atoms with Crippen LogP contribution in [0.2, 0.25) is 0 Å². The van der Waals surface area contributed by atoms with E-state index in [0.29, 0.717) is 12.1 Å². The van der Waals surface area contributed by atoms with Gasteiger partial charge in [-0.3, -0.25) is 4.79 Å². The van der Waals surface area contributed by atoms with Crippen LogP contribution in [0.1, 0.15) is 38.1 Å². The summed E-state index contributed by atoms with van der Waals surface area (Å²) in [7, 11) is 1.72. The number of ether oxygens (including phenoxy) is 1. The number of rotatable bonds is 6. The summed E-state index contributed by atoms with van der Waals surface area (Å²) < 4.78 is 7.06. The zero-order valence-corrected chi connectivity index (χ0v) is 13.9. The van der Waals surface area contributed by atoms with Crippen LogP contribution in [0.25, 0.3) is 0 Å². The van der Waals surface area contributed by atoms with Crippen LogP contribution in [0.5, 0.6) is 0 Å². The molecule has 1 N–H and O–H groups in total. The van der Waals surface area contributed by atoms with Crippen molar-refractivity contribution in [2.45, 2.75) is 44.2 Å². The first-order chi connectivity index (χ1) is 11.3. The fourth-order valence-electron chi connectivity index (χ4n) is 3.68. The van der Waals surface area contributed by atoms with Crippen LogP contribution >= 0.6 is 0 Å². The number of nitrogens with one attached hydrogen (secondary N) is 1. The summed E-state index contributed by atoms with van der Waals surface area (Å²) in [6.45, 7) is 3.52. The summed E-state index contributed by atoms with van der Waals surface area (Å²) in [5.41, 5.74) is 0. The van der Waals surface area contributed by atoms with Crippen LogP contribution in [-0.4, -0.2) is 65.0 Å². The third-order valence-corrected chi connectivity index (χ3v) is 5.11. The molecule has 0 bridgehead atoms. The largest absolute Gasteiger partial charge is 0.383 e. The van der Waals surface area contributed by atoms with Crippen LogP contribution in [0.3, 0.4) is 0 Å². The SMILES string of the molecule is COCCN1CCC(C(=O)NC2CCC(n3cncn3)CC2)C1. The molecule has 1 saturated carbocycles. The average molecular weight is 321 g/mol. The monoisotopic (exact) mass is 321 g/mol. The van der Waals surface area contributed by atoms with E-state index in [1.165, 1.54) is 0 Å². The van der Waals surface area contributed by atoms with Crippen LogP contribution < -0.4 is 5.32 Å². The number of aromatic nitrogens is 3. The van der Waals surface area contributed by atoms with Crippen LogP contribution in [0, 0.1) is 5.92 Å². The maximum absolute atomic E-state index is 12.4. The number of likely N-dealkylation sites (tertiary alicyclic amines) is 1. The van der Waals surface area contributed by atoms with Crippen molar-refractivity contribution < 1.29 is 9.53 Å². The highest BCUT2D eigenvalue weighted by Crippen LogP contribution is 2.28. The van der Waals surface area contributed by atoms with Gasteiger partial charge in [0.05, 0.1) is 18.6 Å². The summed E-state index contributed by atoms with van der Waals surface area (Å²) in [5.74, 6) is 0.369. The van der Waals surface area contributed by atoms with Crippen molar-refractivity contribution in [3.8, 4) is 0 Å². The normalized spacial score (nSPS) is 28.8. The second kappa shape index (κ2) is 7.88. The van der Waals surface area contributed by atoms with Crippen molar-refractivity contribution in [2.24, 2.45) is 5.92 Å². The summed E-state index contributed by atoms with van der Waals surface area (Å²) >= 11 is 0. The highest BCUT2D eigenvalue weighted by molar-refractivity contribution is 5.79. The van der Waals surface area contributed by atoms with Gasteiger partial charge in [-0.25, -0.2) is 9.67 Å². The Morgan fingerprint density at radius 2 is 2.13 bits per heavy atom. The van der Waals surface area contributed by atoms with Crippen molar-refractivity contribution in [3.63, 3.8) is 0 Å². The predicted octanol–water partition coefficient (Wildman–Crippen LogP) is 0.846. The lowest BCUT2D eigenvalue weighted by Gasteiger charge is -2.29. The lowest BCUT2D eigenvalue weighted by atomic mass is 9.91. The summed E-state index contributed by atoms with van der Waals surface area (Å²) in [4.78, 5) is 18.8. The van der Waals surface area contributed by atoms with Gasteiger partial charge in [-0.15, -0.1) is 0 Å². The van der Waals surface area contributed by atoms with Crippen LogP contribution in [0.15, 0.2) is 12.7 Å². The number of hydrogen-bond acceptors (Lipinski definition) is 5. The molecule has 1 saturated heterocycles. The van der Waals surface area contributed by atoms with Gasteiger partial charge in [0.2, 0.25) is 5.91 Å². The van der Waals surface area contributed by atoms with E-state index in [4.69, 9.17) is 4.74 Å². The molecule has 1 unspecified atom stereocenters. The first-order valence-corrected chi connectivity index (χ1v) is 8.62. The Morgan fingerprint density at radius 3 is 2.83 bits per heavy atom. The standard InChI is InChI=1S/C16H27N5O2/c1-23-9-8-20-7-6-13(10-20)16(22)19-14-2-4-15(5-3-14)21-12-17-11-18-21/h11-15H,2-10H2,1H3,(H,19,22). The fraction of sp³-hybridized carbons (Fsp3) is 0.812. The van der Waals surface area contributed by atoms with Crippen molar-refractivity contribution in [1.29, 1.82) is 0 Å². The molecule has 1 aromatic heterocycles. The number of carbonyl (C=O) groups is 1. The molecule has 23 heavy (non-hydrogen) atoms. The van der Waals surface area contributed by atoms with E-state index in [1.807, 2.05) is 4.68 Å². The van der Waals surface area contributed by atoms with Crippen LogP contribution in [0.4, 0.5) is 0 Å². The van der Waals surface area contributed by atoms with Crippen molar-refractivity contribution in [2.75, 3.05) is 33.4 Å². The molecule has 0 aromatic carbocycles. The zero-order chi connectivity index (χ0) is 16.1. The van der Waals surface area contributed by atoms with E-state index >= 15 is 0 Å². The maximum Gasteiger partial charge on any atom is 0.224 e. The molecule has 1 aliphatic heterocycles. The van der Waals surface area contributed by atoms with Crippen molar-refractivity contribution in [3.05, 3.63) is 12.7 Å². The van der Waals surface area contributed by atoms with Crippen molar-refractivity contribution in [1.82, 2.24) is 25.0 Å². The first-order valence-electron chi connectivity index (χ1n) is 8.62. The Kier molecular flexibility index (Phi) is 5.61. The van der Waals surface area contributed by atoms with Gasteiger partial charge in [0.1, 0.15) is 12.7 Å². The smallest absolute Gasteiger partial charge is 0.224 e. The van der Waals surface area contributed by atoms with Gasteiger partial charge in [0.15, 0.2) is 0 Å². The molecule has 0 spiro atoms. The van der Waals surface area contributed by atoms with Gasteiger partial charge >= 0.3 is 0 Å². The summed E-state index contributed by atoms with van der Waals surface area (Å²) in [6, 6.07) is 0.747. The minimum absolute atomic E-state index is 0.139. The minimum atomic E-state index is 0.139. The lowest BCUT2D eigenvalue weighted by molar-refractivity contribution is -0.125. The average Bonchev–Trinajstić information content (AvgIpc) is 3.25. The van der Waals surface area contributed by atoms with Gasteiger partial charge < -0.3 is 15.0 Å². The van der Waals surface area contributed by atoms with E-state index < -0.39 is 0 Å². The van der Waals surface area contributed by atoms with Gasteiger partial charge in [0, 0.05) is 26.2 Å². The molecule has 1 atom stereocenters. The molecule has 128 valence electrons. The maximum atomic E-state index is 12.4. The molecule has 2 fully saturated rings. The topological polar surface area (TPSA) is 72.3 Å². The number of nitrogens with zero attached hydrogens (tertiary/aromatic N) is 4. The quantitative estimate of drug-likeness (QED) is 0.841. The number of carbonyl (C=O) groups excluding carboxylic acids is 1. The predicted molar refractivity (Wildman–Crippen MR) is 85.9 cm³/mol. The Labute approximate surface area is 137 Å². The second-order valence-electron chi connectivity index (χ2n) is 6.67. The number of amides is 1. The fourth-order valence-corrected chi connectivity index (χ4v) is 3.68. The van der Waals surface area contributed by atoms with E-state index in [1.54, 1.807) is 19.8 Å². The molecule has 0 radical (unpaired) electrons. The van der Waals surface area contributed by atoms with Crippen molar-refractivity contribution >= 4 is 5.91 Å². The third-order valence-electron chi connectivity index (χ3n) is 5.11. The Morgan fingerprint density at radius 1 is 1.30 bits per heavy atom. The molecule has 1 aromatic rings. The van der Waals surface area contributed by atoms with Gasteiger partial charge in [-0.2, -0.15) is 5.10 Å². The molecule has 2 heterocycles. The van der Waals surface area contributed by atoms with Gasteiger partial charge in [-0.05, 0) is 38.6 Å². The Hall–Kier alpha value is -1.47.